The van der Waals surface area contributed by atoms with Gasteiger partial charge in [-0.25, -0.2) is 9.18 Å². The summed E-state index contributed by atoms with van der Waals surface area (Å²) >= 11 is 0. The lowest BCUT2D eigenvalue weighted by Gasteiger charge is -2.38. The van der Waals surface area contributed by atoms with Crippen LogP contribution in [0.15, 0.2) is 29.3 Å². The molecule has 0 amide bonds. The Bertz CT molecular complexity index is 632. The topological polar surface area (TPSA) is 68.2 Å². The lowest BCUT2D eigenvalue weighted by atomic mass is 9.90. The molecule has 0 N–H and O–H groups in total. The zero-order chi connectivity index (χ0) is 18.4. The quantitative estimate of drug-likeness (QED) is 0.737. The fourth-order valence-corrected chi connectivity index (χ4v) is 2.80. The molecule has 6 nitrogen and oxygen atoms in total. The van der Waals surface area contributed by atoms with E-state index in [1.165, 1.54) is 18.3 Å². The molecule has 2 rings (SSSR count). The number of halogens is 1. The van der Waals surface area contributed by atoms with E-state index in [9.17, 15) is 14.0 Å². The van der Waals surface area contributed by atoms with Crippen LogP contribution in [0.1, 0.15) is 31.9 Å². The lowest BCUT2D eigenvalue weighted by molar-refractivity contribution is -0.155. The summed E-state index contributed by atoms with van der Waals surface area (Å²) in [7, 11) is 1.69. The molecule has 1 aliphatic rings. The number of rotatable bonds is 6. The molecule has 0 spiro atoms. The third kappa shape index (κ3) is 4.42. The molecule has 0 radical (unpaired) electrons. The zero-order valence-electron chi connectivity index (χ0n) is 14.6. The largest absolute Gasteiger partial charge is 0.465 e. The lowest BCUT2D eigenvalue weighted by Crippen LogP contribution is -2.48. The highest BCUT2D eigenvalue weighted by Gasteiger charge is 2.41. The third-order valence-electron chi connectivity index (χ3n) is 3.98. The molecule has 0 bridgehead atoms. The van der Waals surface area contributed by atoms with Crippen molar-refractivity contribution in [1.82, 2.24) is 4.90 Å². The van der Waals surface area contributed by atoms with Gasteiger partial charge in [-0.1, -0.05) is 19.1 Å². The van der Waals surface area contributed by atoms with Crippen molar-refractivity contribution in [2.24, 2.45) is 10.9 Å². The summed E-state index contributed by atoms with van der Waals surface area (Å²) in [6, 6.07) is 5.33. The second kappa shape index (κ2) is 8.71. The Morgan fingerprint density at radius 1 is 1.16 bits per heavy atom. The van der Waals surface area contributed by atoms with Crippen LogP contribution in [0.4, 0.5) is 4.39 Å². The standard InChI is InChI=1S/C18H23FN2O4/c1-4-10-25-18(23)16-20-11-14(17(22)24-5-2)15(21(16)3)12-6-8-13(19)9-7-12/h6-9,11,14-16H,4-5,10H2,1-3H3. The van der Waals surface area contributed by atoms with Crippen molar-refractivity contribution in [1.29, 1.82) is 0 Å². The molecule has 136 valence electrons. The van der Waals surface area contributed by atoms with Crippen molar-refractivity contribution in [3.05, 3.63) is 35.6 Å². The molecule has 0 saturated carbocycles. The smallest absolute Gasteiger partial charge is 0.346 e. The van der Waals surface area contributed by atoms with Crippen LogP contribution in [0.25, 0.3) is 0 Å². The SMILES string of the molecule is CCCOC(=O)C1N=CC(C(=O)OCC)C(c2ccc(F)cc2)N1C. The number of likely N-dealkylation sites (N-methyl/N-ethyl adjacent to an activating group) is 1. The molecule has 3 atom stereocenters. The fraction of sp³-hybridized carbons (Fsp3) is 0.500. The van der Waals surface area contributed by atoms with E-state index in [1.807, 2.05) is 6.92 Å². The average molecular weight is 350 g/mol. The van der Waals surface area contributed by atoms with Crippen LogP contribution in [0.2, 0.25) is 0 Å². The van der Waals surface area contributed by atoms with Gasteiger partial charge in [0, 0.05) is 6.21 Å². The van der Waals surface area contributed by atoms with Gasteiger partial charge in [-0.2, -0.15) is 0 Å². The molecule has 0 aromatic heterocycles. The number of carbonyl (C=O) groups is 2. The monoisotopic (exact) mass is 350 g/mol. The molecule has 0 aliphatic carbocycles. The maximum absolute atomic E-state index is 13.3. The highest BCUT2D eigenvalue weighted by atomic mass is 19.1. The number of esters is 2. The summed E-state index contributed by atoms with van der Waals surface area (Å²) in [4.78, 5) is 30.4. The number of hydrogen-bond donors (Lipinski definition) is 0. The Labute approximate surface area is 146 Å². The maximum Gasteiger partial charge on any atom is 0.346 e. The average Bonchev–Trinajstić information content (AvgIpc) is 2.60. The second-order valence-electron chi connectivity index (χ2n) is 5.78. The van der Waals surface area contributed by atoms with Crippen LogP contribution >= 0.6 is 0 Å². The van der Waals surface area contributed by atoms with Crippen molar-refractivity contribution in [2.75, 3.05) is 20.3 Å². The van der Waals surface area contributed by atoms with Gasteiger partial charge in [0.1, 0.15) is 11.7 Å². The highest BCUT2D eigenvalue weighted by molar-refractivity contribution is 5.93. The number of benzene rings is 1. The van der Waals surface area contributed by atoms with E-state index in [0.717, 1.165) is 0 Å². The van der Waals surface area contributed by atoms with Crippen LogP contribution in [0.3, 0.4) is 0 Å². The summed E-state index contributed by atoms with van der Waals surface area (Å²) in [6.07, 6.45) is 1.29. The third-order valence-corrected chi connectivity index (χ3v) is 3.98. The summed E-state index contributed by atoms with van der Waals surface area (Å²) in [5.41, 5.74) is 0.696. The number of ether oxygens (including phenoxy) is 2. The van der Waals surface area contributed by atoms with E-state index >= 15 is 0 Å². The first-order valence-electron chi connectivity index (χ1n) is 8.33. The van der Waals surface area contributed by atoms with Crippen molar-refractivity contribution in [3.63, 3.8) is 0 Å². The first kappa shape index (κ1) is 19.1. The molecule has 0 saturated heterocycles. The summed E-state index contributed by atoms with van der Waals surface area (Å²) in [5, 5.41) is 0. The Hall–Kier alpha value is -2.28. The molecule has 1 aromatic rings. The molecular formula is C18H23FN2O4. The minimum atomic E-state index is -0.854. The molecule has 3 unspecified atom stereocenters. The van der Waals surface area contributed by atoms with E-state index in [2.05, 4.69) is 4.99 Å². The first-order chi connectivity index (χ1) is 12.0. The normalized spacial score (nSPS) is 23.3. The summed E-state index contributed by atoms with van der Waals surface area (Å²) < 4.78 is 23.6. The van der Waals surface area contributed by atoms with Gasteiger partial charge in [-0.15, -0.1) is 0 Å². The van der Waals surface area contributed by atoms with Crippen molar-refractivity contribution >= 4 is 18.2 Å². The predicted molar refractivity (Wildman–Crippen MR) is 90.6 cm³/mol. The summed E-state index contributed by atoms with van der Waals surface area (Å²) in [6.45, 7) is 4.17. The molecule has 25 heavy (non-hydrogen) atoms. The predicted octanol–water partition coefficient (Wildman–Crippen LogP) is 2.34. The van der Waals surface area contributed by atoms with Gasteiger partial charge >= 0.3 is 11.9 Å². The van der Waals surface area contributed by atoms with Crippen LogP contribution < -0.4 is 0 Å². The number of hydrogen-bond acceptors (Lipinski definition) is 6. The van der Waals surface area contributed by atoms with Crippen molar-refractivity contribution in [3.8, 4) is 0 Å². The molecule has 0 fully saturated rings. The molecule has 1 aliphatic heterocycles. The minimum absolute atomic E-state index is 0.241. The Morgan fingerprint density at radius 2 is 1.84 bits per heavy atom. The van der Waals surface area contributed by atoms with Crippen LogP contribution in [-0.2, 0) is 19.1 Å². The van der Waals surface area contributed by atoms with Crippen LogP contribution in [0, 0.1) is 11.7 Å². The van der Waals surface area contributed by atoms with Gasteiger partial charge in [0.05, 0.1) is 19.3 Å². The Kier molecular flexibility index (Phi) is 6.64. The molecule has 1 aromatic carbocycles. The van der Waals surface area contributed by atoms with E-state index < -0.39 is 30.1 Å². The van der Waals surface area contributed by atoms with E-state index in [4.69, 9.17) is 9.47 Å². The van der Waals surface area contributed by atoms with Crippen LogP contribution in [-0.4, -0.2) is 49.5 Å². The maximum atomic E-state index is 13.3. The highest BCUT2D eigenvalue weighted by Crippen LogP contribution is 2.33. The van der Waals surface area contributed by atoms with E-state index in [-0.39, 0.29) is 12.4 Å². The zero-order valence-corrected chi connectivity index (χ0v) is 14.6. The van der Waals surface area contributed by atoms with E-state index in [1.54, 1.807) is 31.0 Å². The molecular weight excluding hydrogens is 327 g/mol. The number of carbonyl (C=O) groups excluding carboxylic acids is 2. The van der Waals surface area contributed by atoms with Crippen LogP contribution in [0.5, 0.6) is 0 Å². The first-order valence-corrected chi connectivity index (χ1v) is 8.33. The Morgan fingerprint density at radius 3 is 2.44 bits per heavy atom. The number of aliphatic imine (C=N–C) groups is 1. The van der Waals surface area contributed by atoms with Gasteiger partial charge in [0.2, 0.25) is 6.17 Å². The second-order valence-corrected chi connectivity index (χ2v) is 5.78. The van der Waals surface area contributed by atoms with Crippen molar-refractivity contribution < 1.29 is 23.5 Å². The van der Waals surface area contributed by atoms with Gasteiger partial charge < -0.3 is 9.47 Å². The number of nitrogens with zero attached hydrogens (tertiary/aromatic N) is 2. The molecule has 7 heteroatoms. The van der Waals surface area contributed by atoms with Crippen molar-refractivity contribution in [2.45, 2.75) is 32.5 Å². The van der Waals surface area contributed by atoms with Gasteiger partial charge in [-0.05, 0) is 38.1 Å². The molecule has 1 heterocycles. The fourth-order valence-electron chi connectivity index (χ4n) is 2.80. The minimum Gasteiger partial charge on any atom is -0.465 e. The van der Waals surface area contributed by atoms with Gasteiger partial charge in [-0.3, -0.25) is 14.7 Å². The van der Waals surface area contributed by atoms with Gasteiger partial charge in [0.15, 0.2) is 0 Å². The summed E-state index contributed by atoms with van der Waals surface area (Å²) in [5.74, 6) is -1.98. The Balaban J connectivity index is 2.34. The van der Waals surface area contributed by atoms with E-state index in [0.29, 0.717) is 18.6 Å². The van der Waals surface area contributed by atoms with Gasteiger partial charge in [0.25, 0.3) is 0 Å².